The van der Waals surface area contributed by atoms with E-state index < -0.39 is 30.2 Å². The lowest BCUT2D eigenvalue weighted by Crippen LogP contribution is -2.32. The van der Waals surface area contributed by atoms with Crippen molar-refractivity contribution in [2.75, 3.05) is 6.54 Å². The lowest BCUT2D eigenvalue weighted by molar-refractivity contribution is -0.138. The van der Waals surface area contributed by atoms with Gasteiger partial charge in [0.05, 0.1) is 18.0 Å². The average molecular weight is 369 g/mol. The van der Waals surface area contributed by atoms with E-state index in [1.807, 2.05) is 0 Å². The maximum Gasteiger partial charge on any atom is 0.333 e. The summed E-state index contributed by atoms with van der Waals surface area (Å²) in [7, 11) is 0. The maximum absolute atomic E-state index is 13.0. The summed E-state index contributed by atoms with van der Waals surface area (Å²) in [5.41, 5.74) is 1.21. The van der Waals surface area contributed by atoms with Crippen LogP contribution >= 0.6 is 0 Å². The molecule has 1 atom stereocenters. The highest BCUT2D eigenvalue weighted by molar-refractivity contribution is 5.81. The maximum atomic E-state index is 13.0. The monoisotopic (exact) mass is 369 g/mol. The molecule has 6 nitrogen and oxygen atoms in total. The van der Waals surface area contributed by atoms with Crippen molar-refractivity contribution in [1.29, 1.82) is 0 Å². The van der Waals surface area contributed by atoms with E-state index in [0.29, 0.717) is 21.5 Å². The average Bonchev–Trinajstić information content (AvgIpc) is 2.84. The molecule has 0 aliphatic carbocycles. The zero-order chi connectivity index (χ0) is 19.4. The van der Waals surface area contributed by atoms with Crippen molar-refractivity contribution in [2.45, 2.75) is 32.7 Å². The van der Waals surface area contributed by atoms with Gasteiger partial charge in [0.1, 0.15) is 5.82 Å². The molecule has 26 heavy (non-hydrogen) atoms. The van der Waals surface area contributed by atoms with Crippen molar-refractivity contribution in [3.8, 4) is 0 Å². The van der Waals surface area contributed by atoms with Gasteiger partial charge in [-0.15, -0.1) is 0 Å². The first kappa shape index (κ1) is 19.5. The number of nitrogens with zero attached hydrogens (tertiary/aromatic N) is 2. The number of hydrogen-bond acceptors (Lipinski definition) is 3. The first-order valence-corrected chi connectivity index (χ1v) is 7.78. The molecule has 2 N–H and O–H groups in total. The van der Waals surface area contributed by atoms with Gasteiger partial charge in [-0.05, 0) is 31.5 Å². The van der Waals surface area contributed by atoms with Gasteiger partial charge in [0.15, 0.2) is 0 Å². The van der Waals surface area contributed by atoms with E-state index in [2.05, 4.69) is 10.4 Å². The van der Waals surface area contributed by atoms with Crippen LogP contribution in [0.5, 0.6) is 0 Å². The lowest BCUT2D eigenvalue weighted by atomic mass is 9.99. The van der Waals surface area contributed by atoms with Crippen molar-refractivity contribution < 1.29 is 27.9 Å². The van der Waals surface area contributed by atoms with E-state index in [9.17, 15) is 27.9 Å². The number of halogens is 3. The van der Waals surface area contributed by atoms with Crippen molar-refractivity contribution in [3.05, 3.63) is 52.6 Å². The number of carboxylic acids is 1. The van der Waals surface area contributed by atoms with E-state index in [0.717, 1.165) is 12.1 Å². The molecule has 1 amide bonds. The van der Waals surface area contributed by atoms with E-state index in [1.165, 1.54) is 26.0 Å². The van der Waals surface area contributed by atoms with E-state index in [-0.39, 0.29) is 18.7 Å². The summed E-state index contributed by atoms with van der Waals surface area (Å²) in [6, 6.07) is 4.94. The number of benzene rings is 1. The number of aromatic nitrogens is 2. The number of alkyl halides is 2. The predicted molar refractivity (Wildman–Crippen MR) is 86.4 cm³/mol. The van der Waals surface area contributed by atoms with Gasteiger partial charge in [-0.2, -0.15) is 13.9 Å². The third-order valence-corrected chi connectivity index (χ3v) is 4.07. The summed E-state index contributed by atoms with van der Waals surface area (Å²) in [4.78, 5) is 23.5. The first-order valence-electron chi connectivity index (χ1n) is 7.78. The molecular weight excluding hydrogens is 351 g/mol. The van der Waals surface area contributed by atoms with Crippen LogP contribution in [0, 0.1) is 19.7 Å². The summed E-state index contributed by atoms with van der Waals surface area (Å²) in [5, 5.41) is 15.5. The molecule has 9 heteroatoms. The number of carbonyl (C=O) groups excluding carboxylic acids is 1. The van der Waals surface area contributed by atoms with Crippen LogP contribution in [0.15, 0.2) is 24.3 Å². The van der Waals surface area contributed by atoms with E-state index in [4.69, 9.17) is 0 Å². The second-order valence-electron chi connectivity index (χ2n) is 5.79. The summed E-state index contributed by atoms with van der Waals surface area (Å²) >= 11 is 0. The van der Waals surface area contributed by atoms with Crippen LogP contribution in [0.3, 0.4) is 0 Å². The van der Waals surface area contributed by atoms with Crippen molar-refractivity contribution >= 4 is 11.9 Å². The molecule has 1 unspecified atom stereocenters. The number of rotatable bonds is 7. The minimum Gasteiger partial charge on any atom is -0.481 e. The highest BCUT2D eigenvalue weighted by Gasteiger charge is 2.23. The van der Waals surface area contributed by atoms with Crippen LogP contribution in [0.25, 0.3) is 0 Å². The third-order valence-electron chi connectivity index (χ3n) is 4.07. The Hall–Kier alpha value is -2.84. The molecule has 0 spiro atoms. The quantitative estimate of drug-likeness (QED) is 0.786. The minimum absolute atomic E-state index is 0.181. The molecule has 2 aromatic rings. The van der Waals surface area contributed by atoms with Gasteiger partial charge in [-0.25, -0.2) is 9.07 Å². The van der Waals surface area contributed by atoms with E-state index in [1.54, 1.807) is 0 Å². The Labute approximate surface area is 147 Å². The molecule has 0 saturated heterocycles. The highest BCUT2D eigenvalue weighted by Crippen LogP contribution is 2.20. The Bertz CT molecular complexity index is 804. The van der Waals surface area contributed by atoms with Gasteiger partial charge >= 0.3 is 12.5 Å². The SMILES string of the molecule is Cc1nn(C(F)F)c(C)c1CC(=O)NCC(C(=O)O)c1ccc(F)cc1. The number of aliphatic carboxylic acids is 1. The standard InChI is InChI=1S/C17H18F3N3O3/c1-9-13(10(2)23(22-9)17(19)20)7-15(24)21-8-14(16(25)26)11-3-5-12(18)6-4-11/h3-6,14,17H,7-8H2,1-2H3,(H,21,24)(H,25,26). The molecule has 1 aromatic heterocycles. The zero-order valence-corrected chi connectivity index (χ0v) is 14.2. The Morgan fingerprint density at radius 1 is 1.23 bits per heavy atom. The Kier molecular flexibility index (Phi) is 6.01. The number of aryl methyl sites for hydroxylation is 1. The molecular formula is C17H18F3N3O3. The molecule has 0 radical (unpaired) electrons. The summed E-state index contributed by atoms with van der Waals surface area (Å²) < 4.78 is 39.2. The molecule has 0 aliphatic heterocycles. The smallest absolute Gasteiger partial charge is 0.333 e. The Balaban J connectivity index is 2.05. The number of carboxylic acid groups (broad SMARTS) is 1. The van der Waals surface area contributed by atoms with Gasteiger partial charge in [-0.3, -0.25) is 9.59 Å². The largest absolute Gasteiger partial charge is 0.481 e. The van der Waals surface area contributed by atoms with Crippen molar-refractivity contribution in [2.24, 2.45) is 0 Å². The van der Waals surface area contributed by atoms with Crippen LogP contribution < -0.4 is 5.32 Å². The van der Waals surface area contributed by atoms with Crippen LogP contribution in [0.4, 0.5) is 13.2 Å². The Morgan fingerprint density at radius 3 is 2.35 bits per heavy atom. The third kappa shape index (κ3) is 4.41. The molecule has 140 valence electrons. The van der Waals surface area contributed by atoms with Crippen LogP contribution in [-0.2, 0) is 16.0 Å². The van der Waals surface area contributed by atoms with Gasteiger partial charge in [0.25, 0.3) is 0 Å². The summed E-state index contributed by atoms with van der Waals surface area (Å²) in [6.07, 6.45) is -0.194. The van der Waals surface area contributed by atoms with E-state index >= 15 is 0 Å². The molecule has 0 saturated carbocycles. The van der Waals surface area contributed by atoms with Gasteiger partial charge < -0.3 is 10.4 Å². The normalized spacial score (nSPS) is 12.2. The fourth-order valence-corrected chi connectivity index (χ4v) is 2.62. The number of hydrogen-bond donors (Lipinski definition) is 2. The molecule has 1 heterocycles. The predicted octanol–water partition coefficient (Wildman–Crippen LogP) is 2.56. The molecule has 0 aliphatic rings. The van der Waals surface area contributed by atoms with Crippen LogP contribution in [0.1, 0.15) is 35.0 Å². The van der Waals surface area contributed by atoms with Gasteiger partial charge in [-0.1, -0.05) is 12.1 Å². The topological polar surface area (TPSA) is 84.2 Å². The minimum atomic E-state index is -2.81. The van der Waals surface area contributed by atoms with Gasteiger partial charge in [0.2, 0.25) is 5.91 Å². The first-order chi connectivity index (χ1) is 12.2. The highest BCUT2D eigenvalue weighted by atomic mass is 19.3. The molecule has 0 fully saturated rings. The summed E-state index contributed by atoms with van der Waals surface area (Å²) in [5.74, 6) is -3.23. The molecule has 0 bridgehead atoms. The van der Waals surface area contributed by atoms with Gasteiger partial charge in [0, 0.05) is 17.8 Å². The van der Waals surface area contributed by atoms with Crippen LogP contribution in [-0.4, -0.2) is 33.3 Å². The Morgan fingerprint density at radius 2 is 1.85 bits per heavy atom. The fourth-order valence-electron chi connectivity index (χ4n) is 2.62. The van der Waals surface area contributed by atoms with Crippen molar-refractivity contribution in [1.82, 2.24) is 15.1 Å². The molecule has 2 rings (SSSR count). The zero-order valence-electron chi connectivity index (χ0n) is 14.2. The molecule has 1 aromatic carbocycles. The number of carbonyl (C=O) groups is 2. The van der Waals surface area contributed by atoms with Crippen LogP contribution in [0.2, 0.25) is 0 Å². The number of nitrogens with one attached hydrogen (secondary N) is 1. The summed E-state index contributed by atoms with van der Waals surface area (Å²) in [6.45, 7) is -0.0539. The second kappa shape index (κ2) is 8.03. The van der Waals surface area contributed by atoms with Crippen molar-refractivity contribution in [3.63, 3.8) is 0 Å². The number of amides is 1. The second-order valence-corrected chi connectivity index (χ2v) is 5.79. The lowest BCUT2D eigenvalue weighted by Gasteiger charge is -2.14. The fraction of sp³-hybridized carbons (Fsp3) is 0.353.